The number of hydrogen-bond donors (Lipinski definition) is 3. The highest BCUT2D eigenvalue weighted by atomic mass is 35.5. The van der Waals surface area contributed by atoms with Crippen molar-refractivity contribution >= 4 is 34.0 Å². The zero-order valence-corrected chi connectivity index (χ0v) is 14.7. The first-order valence-electron chi connectivity index (χ1n) is 6.88. The van der Waals surface area contributed by atoms with Crippen LogP contribution < -0.4 is 16.2 Å². The summed E-state index contributed by atoms with van der Waals surface area (Å²) in [6.07, 6.45) is 1.84. The number of aryl methyl sites for hydroxylation is 1. The number of sulfonamides is 1. The molecule has 1 aromatic carbocycles. The van der Waals surface area contributed by atoms with Crippen molar-refractivity contribution in [3.8, 4) is 0 Å². The molecule has 0 fully saturated rings. The van der Waals surface area contributed by atoms with Crippen molar-refractivity contribution < 1.29 is 13.2 Å². The molecule has 1 unspecified atom stereocenters. The number of benzene rings is 1. The predicted molar refractivity (Wildman–Crippen MR) is 90.6 cm³/mol. The summed E-state index contributed by atoms with van der Waals surface area (Å²) in [6.45, 7) is 5.42. The molecule has 1 aromatic rings. The van der Waals surface area contributed by atoms with Gasteiger partial charge in [0.2, 0.25) is 15.9 Å². The average Bonchev–Trinajstić information content (AvgIpc) is 2.37. The van der Waals surface area contributed by atoms with Gasteiger partial charge >= 0.3 is 0 Å². The smallest absolute Gasteiger partial charge is 0.244 e. The number of carbonyl (C=O) groups excluding carboxylic acids is 1. The van der Waals surface area contributed by atoms with Crippen LogP contribution in [0, 0.1) is 0 Å². The molecule has 8 heteroatoms. The summed E-state index contributed by atoms with van der Waals surface area (Å²) >= 11 is 0. The molecule has 6 nitrogen and oxygen atoms in total. The van der Waals surface area contributed by atoms with Crippen LogP contribution in [-0.4, -0.2) is 19.9 Å². The van der Waals surface area contributed by atoms with Crippen molar-refractivity contribution in [2.75, 3.05) is 5.32 Å². The van der Waals surface area contributed by atoms with Crippen LogP contribution in [0.4, 0.5) is 5.69 Å². The topological polar surface area (TPSA) is 115 Å². The van der Waals surface area contributed by atoms with Crippen molar-refractivity contribution in [1.29, 1.82) is 0 Å². The van der Waals surface area contributed by atoms with Crippen LogP contribution in [0.25, 0.3) is 0 Å². The molecule has 5 N–H and O–H groups in total. The number of primary sulfonamides is 1. The Balaban J connectivity index is 0.00000441. The summed E-state index contributed by atoms with van der Waals surface area (Å²) in [5.41, 5.74) is 5.92. The van der Waals surface area contributed by atoms with Gasteiger partial charge in [-0.25, -0.2) is 13.6 Å². The molecule has 0 spiro atoms. The Bertz CT molecular complexity index is 630. The van der Waals surface area contributed by atoms with Gasteiger partial charge in [0.1, 0.15) is 0 Å². The third-order valence-corrected chi connectivity index (χ3v) is 4.29. The maximum absolute atomic E-state index is 12.1. The van der Waals surface area contributed by atoms with Crippen LogP contribution in [-0.2, 0) is 21.2 Å². The first-order valence-corrected chi connectivity index (χ1v) is 8.42. The zero-order valence-electron chi connectivity index (χ0n) is 13.0. The number of amides is 1. The monoisotopic (exact) mass is 349 g/mol. The highest BCUT2D eigenvalue weighted by Crippen LogP contribution is 2.21. The second-order valence-corrected chi connectivity index (χ2v) is 6.87. The molecule has 0 bridgehead atoms. The van der Waals surface area contributed by atoms with Gasteiger partial charge in [0, 0.05) is 5.69 Å². The lowest BCUT2D eigenvalue weighted by molar-refractivity contribution is -0.120. The molecule has 0 saturated carbocycles. The second-order valence-electron chi connectivity index (χ2n) is 5.34. The molecule has 22 heavy (non-hydrogen) atoms. The Morgan fingerprint density at radius 2 is 1.91 bits per heavy atom. The third-order valence-electron chi connectivity index (χ3n) is 3.30. The highest BCUT2D eigenvalue weighted by Gasteiger charge is 2.27. The van der Waals surface area contributed by atoms with Gasteiger partial charge in [-0.15, -0.1) is 12.4 Å². The van der Waals surface area contributed by atoms with Crippen LogP contribution in [0.15, 0.2) is 23.1 Å². The Morgan fingerprint density at radius 3 is 2.36 bits per heavy atom. The average molecular weight is 350 g/mol. The fourth-order valence-electron chi connectivity index (χ4n) is 2.10. The van der Waals surface area contributed by atoms with E-state index in [1.54, 1.807) is 19.1 Å². The van der Waals surface area contributed by atoms with E-state index in [1.165, 1.54) is 6.07 Å². The molecule has 1 atom stereocenters. The standard InChI is InChI=1S/C14H23N3O3S.ClH/c1-4-8-14(3,15)13(18)17-11-7-6-10(5-2)12(9-11)21(16,19)20;/h6-7,9H,4-5,8,15H2,1-3H3,(H,17,18)(H2,16,19,20);1H. The molecular formula is C14H24ClN3O3S. The Kier molecular flexibility index (Phi) is 7.50. The molecule has 0 aliphatic carbocycles. The second kappa shape index (κ2) is 7.92. The lowest BCUT2D eigenvalue weighted by Crippen LogP contribution is -2.48. The van der Waals surface area contributed by atoms with Crippen LogP contribution in [0.1, 0.15) is 39.2 Å². The quantitative estimate of drug-likeness (QED) is 0.725. The SMILES string of the molecule is CCCC(C)(N)C(=O)Nc1ccc(CC)c(S(N)(=O)=O)c1.Cl. The normalized spacial score (nSPS) is 13.9. The molecule has 0 aliphatic rings. The van der Waals surface area contributed by atoms with Gasteiger partial charge in [-0.05, 0) is 37.5 Å². The molecular weight excluding hydrogens is 326 g/mol. The van der Waals surface area contributed by atoms with E-state index in [-0.39, 0.29) is 23.2 Å². The van der Waals surface area contributed by atoms with Gasteiger partial charge in [0.15, 0.2) is 0 Å². The zero-order chi connectivity index (χ0) is 16.3. The van der Waals surface area contributed by atoms with Crippen molar-refractivity contribution in [1.82, 2.24) is 0 Å². The van der Waals surface area contributed by atoms with E-state index in [4.69, 9.17) is 10.9 Å². The highest BCUT2D eigenvalue weighted by molar-refractivity contribution is 7.89. The first-order chi connectivity index (χ1) is 9.61. The molecule has 0 aliphatic heterocycles. The van der Waals surface area contributed by atoms with E-state index in [2.05, 4.69) is 5.32 Å². The predicted octanol–water partition coefficient (Wildman–Crippen LogP) is 1.77. The molecule has 1 amide bonds. The summed E-state index contributed by atoms with van der Waals surface area (Å²) in [5, 5.41) is 7.85. The minimum absolute atomic E-state index is 0. The van der Waals surface area contributed by atoms with Gasteiger partial charge in [0.25, 0.3) is 0 Å². The van der Waals surface area contributed by atoms with Gasteiger partial charge in [-0.1, -0.05) is 26.3 Å². The van der Waals surface area contributed by atoms with Crippen LogP contribution >= 0.6 is 12.4 Å². The van der Waals surface area contributed by atoms with Crippen LogP contribution in [0.2, 0.25) is 0 Å². The molecule has 1 rings (SSSR count). The van der Waals surface area contributed by atoms with E-state index in [0.717, 1.165) is 6.42 Å². The molecule has 0 saturated heterocycles. The van der Waals surface area contributed by atoms with Crippen molar-refractivity contribution in [3.63, 3.8) is 0 Å². The van der Waals surface area contributed by atoms with E-state index < -0.39 is 15.6 Å². The minimum Gasteiger partial charge on any atom is -0.324 e. The lowest BCUT2D eigenvalue weighted by atomic mass is 9.96. The van der Waals surface area contributed by atoms with Crippen LogP contribution in [0.5, 0.6) is 0 Å². The molecule has 0 radical (unpaired) electrons. The fourth-order valence-corrected chi connectivity index (χ4v) is 2.97. The Morgan fingerprint density at radius 1 is 1.32 bits per heavy atom. The van der Waals surface area contributed by atoms with Crippen molar-refractivity contribution in [3.05, 3.63) is 23.8 Å². The van der Waals surface area contributed by atoms with E-state index in [9.17, 15) is 13.2 Å². The van der Waals surface area contributed by atoms with Crippen LogP contribution in [0.3, 0.4) is 0 Å². The molecule has 126 valence electrons. The Hall–Kier alpha value is -1.15. The first kappa shape index (κ1) is 20.9. The van der Waals surface area contributed by atoms with E-state index >= 15 is 0 Å². The van der Waals surface area contributed by atoms with Crippen molar-refractivity contribution in [2.24, 2.45) is 10.9 Å². The number of carbonyl (C=O) groups is 1. The van der Waals surface area contributed by atoms with Crippen molar-refractivity contribution in [2.45, 2.75) is 50.5 Å². The summed E-state index contributed by atoms with van der Waals surface area (Å²) in [4.78, 5) is 12.1. The third kappa shape index (κ3) is 5.24. The molecule has 0 heterocycles. The fraction of sp³-hybridized carbons (Fsp3) is 0.500. The van der Waals surface area contributed by atoms with E-state index in [0.29, 0.717) is 24.1 Å². The van der Waals surface area contributed by atoms with Gasteiger partial charge < -0.3 is 11.1 Å². The number of rotatable bonds is 6. The van der Waals surface area contributed by atoms with Gasteiger partial charge in [-0.3, -0.25) is 4.79 Å². The number of nitrogens with one attached hydrogen (secondary N) is 1. The van der Waals surface area contributed by atoms with E-state index in [1.807, 2.05) is 13.8 Å². The summed E-state index contributed by atoms with van der Waals surface area (Å²) in [5.74, 6) is -0.353. The summed E-state index contributed by atoms with van der Waals surface area (Å²) < 4.78 is 23.2. The summed E-state index contributed by atoms with van der Waals surface area (Å²) in [7, 11) is -3.83. The van der Waals surface area contributed by atoms with Gasteiger partial charge in [-0.2, -0.15) is 0 Å². The maximum Gasteiger partial charge on any atom is 0.244 e. The number of halogens is 1. The number of nitrogens with two attached hydrogens (primary N) is 2. The lowest BCUT2D eigenvalue weighted by Gasteiger charge is -2.23. The summed E-state index contributed by atoms with van der Waals surface area (Å²) in [6, 6.07) is 4.66. The molecule has 0 aromatic heterocycles. The largest absolute Gasteiger partial charge is 0.324 e. The minimum atomic E-state index is -3.83. The number of hydrogen-bond acceptors (Lipinski definition) is 4. The maximum atomic E-state index is 12.1. The van der Waals surface area contributed by atoms with Gasteiger partial charge in [0.05, 0.1) is 10.4 Å². The number of anilines is 1. The Labute approximate surface area is 138 Å².